The highest BCUT2D eigenvalue weighted by molar-refractivity contribution is 6.08. The Hall–Kier alpha value is -2.70. The van der Waals surface area contributed by atoms with Gasteiger partial charge in [0.15, 0.2) is 0 Å². The van der Waals surface area contributed by atoms with Crippen LogP contribution in [0.5, 0.6) is 0 Å². The predicted molar refractivity (Wildman–Crippen MR) is 106 cm³/mol. The Morgan fingerprint density at radius 1 is 1.19 bits per heavy atom. The minimum Gasteiger partial charge on any atom is -0.373 e. The largest absolute Gasteiger partial charge is 0.373 e. The van der Waals surface area contributed by atoms with E-state index in [0.29, 0.717) is 5.56 Å². The molecule has 2 aromatic carbocycles. The molecule has 2 heterocycles. The van der Waals surface area contributed by atoms with Gasteiger partial charge < -0.3 is 10.1 Å². The number of fused-ring (bicyclic) bond motifs is 1. The highest BCUT2D eigenvalue weighted by Crippen LogP contribution is 2.21. The molecule has 27 heavy (non-hydrogen) atoms. The molecular weight excluding hydrogens is 340 g/mol. The van der Waals surface area contributed by atoms with Crippen molar-refractivity contribution in [2.24, 2.45) is 0 Å². The number of para-hydroxylation sites is 1. The fourth-order valence-electron chi connectivity index (χ4n) is 3.70. The maximum atomic E-state index is 12.6. The zero-order chi connectivity index (χ0) is 18.8. The van der Waals surface area contributed by atoms with E-state index >= 15 is 0 Å². The van der Waals surface area contributed by atoms with Crippen LogP contribution in [0.15, 0.2) is 48.7 Å². The number of anilines is 1. The first kappa shape index (κ1) is 17.7. The number of aromatic nitrogens is 2. The van der Waals surface area contributed by atoms with E-state index in [1.165, 1.54) is 5.56 Å². The van der Waals surface area contributed by atoms with E-state index in [0.717, 1.165) is 36.2 Å². The molecule has 6 nitrogen and oxygen atoms in total. The van der Waals surface area contributed by atoms with Crippen LogP contribution in [0.2, 0.25) is 0 Å². The third-order valence-corrected chi connectivity index (χ3v) is 4.84. The van der Waals surface area contributed by atoms with Crippen LogP contribution in [-0.4, -0.2) is 46.3 Å². The van der Waals surface area contributed by atoms with Gasteiger partial charge in [0.1, 0.15) is 0 Å². The van der Waals surface area contributed by atoms with E-state index in [1.54, 1.807) is 6.20 Å². The van der Waals surface area contributed by atoms with Crippen LogP contribution in [0.4, 0.5) is 5.69 Å². The van der Waals surface area contributed by atoms with Crippen molar-refractivity contribution in [2.75, 3.05) is 18.4 Å². The molecule has 1 saturated heterocycles. The lowest BCUT2D eigenvalue weighted by Gasteiger charge is -2.35. The molecule has 1 aromatic heterocycles. The Bertz CT molecular complexity index is 925. The first-order valence-electron chi connectivity index (χ1n) is 9.28. The third-order valence-electron chi connectivity index (χ3n) is 4.84. The summed E-state index contributed by atoms with van der Waals surface area (Å²) >= 11 is 0. The number of amides is 1. The maximum absolute atomic E-state index is 12.6. The molecule has 3 aromatic rings. The van der Waals surface area contributed by atoms with Gasteiger partial charge in [-0.25, -0.2) is 0 Å². The minimum atomic E-state index is -0.128. The number of carbonyl (C=O) groups excluding carboxylic acids is 1. The second kappa shape index (κ2) is 7.50. The Balaban J connectivity index is 1.42. The average Bonchev–Trinajstić information content (AvgIpc) is 3.11. The number of nitrogens with one attached hydrogen (secondary N) is 2. The highest BCUT2D eigenvalue weighted by atomic mass is 16.5. The van der Waals surface area contributed by atoms with Crippen molar-refractivity contribution in [2.45, 2.75) is 32.6 Å². The molecule has 0 spiro atoms. The predicted octanol–water partition coefficient (Wildman–Crippen LogP) is 3.42. The molecule has 2 N–H and O–H groups in total. The molecule has 4 rings (SSSR count). The summed E-state index contributed by atoms with van der Waals surface area (Å²) in [4.78, 5) is 15.0. The molecule has 0 bridgehead atoms. The minimum absolute atomic E-state index is 0.128. The van der Waals surface area contributed by atoms with Gasteiger partial charge in [0.05, 0.1) is 29.6 Å². The number of benzene rings is 2. The normalized spacial score (nSPS) is 20.7. The average molecular weight is 364 g/mol. The SMILES string of the molecule is CC1CN(Cc2ccc(C(=O)Nc3cccc4cn[nH]c34)cc2)CC(C)O1. The summed E-state index contributed by atoms with van der Waals surface area (Å²) in [5.41, 5.74) is 3.40. The van der Waals surface area contributed by atoms with Crippen molar-refractivity contribution >= 4 is 22.5 Å². The summed E-state index contributed by atoms with van der Waals surface area (Å²) in [5, 5.41) is 10.9. The van der Waals surface area contributed by atoms with E-state index in [2.05, 4.69) is 34.3 Å². The number of nitrogens with zero attached hydrogens (tertiary/aromatic N) is 2. The van der Waals surface area contributed by atoms with Gasteiger partial charge in [-0.15, -0.1) is 0 Å². The van der Waals surface area contributed by atoms with Gasteiger partial charge in [-0.1, -0.05) is 24.3 Å². The molecule has 0 radical (unpaired) electrons. The Morgan fingerprint density at radius 3 is 2.67 bits per heavy atom. The van der Waals surface area contributed by atoms with E-state index in [9.17, 15) is 4.79 Å². The maximum Gasteiger partial charge on any atom is 0.255 e. The van der Waals surface area contributed by atoms with E-state index in [4.69, 9.17) is 4.74 Å². The fourth-order valence-corrected chi connectivity index (χ4v) is 3.70. The van der Waals surface area contributed by atoms with Crippen molar-refractivity contribution < 1.29 is 9.53 Å². The van der Waals surface area contributed by atoms with Crippen molar-refractivity contribution in [3.05, 3.63) is 59.8 Å². The number of hydrogen-bond donors (Lipinski definition) is 2. The lowest BCUT2D eigenvalue weighted by molar-refractivity contribution is -0.0704. The zero-order valence-electron chi connectivity index (χ0n) is 15.6. The smallest absolute Gasteiger partial charge is 0.255 e. The molecule has 140 valence electrons. The summed E-state index contributed by atoms with van der Waals surface area (Å²) in [6.45, 7) is 6.95. The van der Waals surface area contributed by atoms with Crippen LogP contribution in [0.3, 0.4) is 0 Å². The van der Waals surface area contributed by atoms with Crippen molar-refractivity contribution in [1.29, 1.82) is 0 Å². The Kier molecular flexibility index (Phi) is 4.92. The molecule has 6 heteroatoms. The Labute approximate surface area is 158 Å². The summed E-state index contributed by atoms with van der Waals surface area (Å²) < 4.78 is 5.78. The molecule has 1 amide bonds. The molecule has 1 fully saturated rings. The Morgan fingerprint density at radius 2 is 1.93 bits per heavy atom. The first-order chi connectivity index (χ1) is 13.1. The molecular formula is C21H24N4O2. The zero-order valence-corrected chi connectivity index (χ0v) is 15.6. The highest BCUT2D eigenvalue weighted by Gasteiger charge is 2.22. The van der Waals surface area contributed by atoms with Crippen LogP contribution in [0.25, 0.3) is 10.9 Å². The molecule has 0 saturated carbocycles. The second-order valence-electron chi connectivity index (χ2n) is 7.24. The summed E-state index contributed by atoms with van der Waals surface area (Å²) in [6, 6.07) is 13.5. The van der Waals surface area contributed by atoms with Gasteiger partial charge in [-0.05, 0) is 37.6 Å². The van der Waals surface area contributed by atoms with E-state index in [-0.39, 0.29) is 18.1 Å². The number of H-pyrrole nitrogens is 1. The van der Waals surface area contributed by atoms with Gasteiger partial charge in [0.25, 0.3) is 5.91 Å². The molecule has 1 aliphatic rings. The van der Waals surface area contributed by atoms with Crippen LogP contribution in [0.1, 0.15) is 29.8 Å². The monoisotopic (exact) mass is 364 g/mol. The van der Waals surface area contributed by atoms with Gasteiger partial charge in [0.2, 0.25) is 0 Å². The second-order valence-corrected chi connectivity index (χ2v) is 7.24. The number of morpholine rings is 1. The summed E-state index contributed by atoms with van der Waals surface area (Å²) in [6.07, 6.45) is 2.25. The van der Waals surface area contributed by atoms with Crippen molar-refractivity contribution in [3.63, 3.8) is 0 Å². The van der Waals surface area contributed by atoms with Crippen LogP contribution >= 0.6 is 0 Å². The molecule has 2 atom stereocenters. The number of hydrogen-bond acceptors (Lipinski definition) is 4. The molecule has 2 unspecified atom stereocenters. The molecule has 0 aliphatic carbocycles. The quantitative estimate of drug-likeness (QED) is 0.744. The topological polar surface area (TPSA) is 70.2 Å². The lowest BCUT2D eigenvalue weighted by atomic mass is 10.1. The number of rotatable bonds is 4. The van der Waals surface area contributed by atoms with Crippen molar-refractivity contribution in [3.8, 4) is 0 Å². The standard InChI is InChI=1S/C21H24N4O2/c1-14-11-25(12-15(2)27-14)13-16-6-8-17(9-7-16)21(26)23-19-5-3-4-18-10-22-24-20(18)19/h3-10,14-15H,11-13H2,1-2H3,(H,22,24)(H,23,26). The fraction of sp³-hybridized carbons (Fsp3) is 0.333. The van der Waals surface area contributed by atoms with Crippen molar-refractivity contribution in [1.82, 2.24) is 15.1 Å². The summed E-state index contributed by atoms with van der Waals surface area (Å²) in [5.74, 6) is -0.128. The van der Waals surface area contributed by atoms with Gasteiger partial charge >= 0.3 is 0 Å². The van der Waals surface area contributed by atoms with Crippen LogP contribution in [-0.2, 0) is 11.3 Å². The lowest BCUT2D eigenvalue weighted by Crippen LogP contribution is -2.44. The van der Waals surface area contributed by atoms with Gasteiger partial charge in [-0.2, -0.15) is 5.10 Å². The first-order valence-corrected chi connectivity index (χ1v) is 9.28. The van der Waals surface area contributed by atoms with E-state index < -0.39 is 0 Å². The third kappa shape index (κ3) is 4.02. The van der Waals surface area contributed by atoms with Crippen LogP contribution in [0, 0.1) is 0 Å². The van der Waals surface area contributed by atoms with Crippen LogP contribution < -0.4 is 5.32 Å². The summed E-state index contributed by atoms with van der Waals surface area (Å²) in [7, 11) is 0. The number of aromatic amines is 1. The van der Waals surface area contributed by atoms with E-state index in [1.807, 2.05) is 42.5 Å². The number of carbonyl (C=O) groups is 1. The van der Waals surface area contributed by atoms with Gasteiger partial charge in [0, 0.05) is 30.6 Å². The molecule has 1 aliphatic heterocycles. The number of ether oxygens (including phenoxy) is 1. The van der Waals surface area contributed by atoms with Gasteiger partial charge in [-0.3, -0.25) is 14.8 Å².